The van der Waals surface area contributed by atoms with E-state index in [-0.39, 0.29) is 31.9 Å². The molecule has 10 heteroatoms. The number of nitrogens with zero attached hydrogens (tertiary/aromatic N) is 1. The standard InChI is InChI=1S/C25H34N2O8/c1-6-33-20(28)19(26-22(30)35-24(2,3)4)13-15-25(21(29)32-5)14-10-16-27(25)23(31)34-17-18-11-8-7-9-12-18/h7-9,11-13H,6,10,14-17H2,1-5H3,(H,26,30)/b19-13-. The highest BCUT2D eigenvalue weighted by Crippen LogP contribution is 2.35. The van der Waals surface area contributed by atoms with Crippen molar-refractivity contribution < 1.29 is 38.1 Å². The molecule has 0 spiro atoms. The van der Waals surface area contributed by atoms with Gasteiger partial charge in [-0.25, -0.2) is 19.2 Å². The van der Waals surface area contributed by atoms with Crippen LogP contribution in [0.5, 0.6) is 0 Å². The minimum absolute atomic E-state index is 0.0392. The molecule has 1 fully saturated rings. The van der Waals surface area contributed by atoms with E-state index < -0.39 is 35.3 Å². The van der Waals surface area contributed by atoms with Crippen LogP contribution in [0.3, 0.4) is 0 Å². The molecule has 2 amide bonds. The smallest absolute Gasteiger partial charge is 0.412 e. The topological polar surface area (TPSA) is 120 Å². The molecule has 1 saturated heterocycles. The predicted molar refractivity (Wildman–Crippen MR) is 126 cm³/mol. The fourth-order valence-corrected chi connectivity index (χ4v) is 3.72. The lowest BCUT2D eigenvalue weighted by Crippen LogP contribution is -2.53. The van der Waals surface area contributed by atoms with Crippen molar-refractivity contribution in [3.05, 3.63) is 47.7 Å². The molecule has 0 aromatic heterocycles. The Kier molecular flexibility index (Phi) is 9.68. The molecule has 10 nitrogen and oxygen atoms in total. The van der Waals surface area contributed by atoms with Gasteiger partial charge in [-0.3, -0.25) is 10.2 Å². The zero-order valence-electron chi connectivity index (χ0n) is 20.9. The minimum Gasteiger partial charge on any atom is -0.467 e. The zero-order chi connectivity index (χ0) is 26.1. The van der Waals surface area contributed by atoms with Crippen LogP contribution in [-0.2, 0) is 35.1 Å². The molecular weight excluding hydrogens is 456 g/mol. The van der Waals surface area contributed by atoms with Gasteiger partial charge in [-0.15, -0.1) is 0 Å². The second-order valence-corrected chi connectivity index (χ2v) is 8.99. The van der Waals surface area contributed by atoms with Crippen LogP contribution in [0.1, 0.15) is 52.5 Å². The summed E-state index contributed by atoms with van der Waals surface area (Å²) in [7, 11) is 1.23. The summed E-state index contributed by atoms with van der Waals surface area (Å²) in [6.07, 6.45) is 0.528. The molecule has 0 radical (unpaired) electrons. The van der Waals surface area contributed by atoms with Gasteiger partial charge >= 0.3 is 24.1 Å². The van der Waals surface area contributed by atoms with Gasteiger partial charge in [0.25, 0.3) is 0 Å². The molecule has 0 saturated carbocycles. The third-order valence-corrected chi connectivity index (χ3v) is 5.25. The molecule has 1 aromatic rings. The summed E-state index contributed by atoms with van der Waals surface area (Å²) in [6, 6.07) is 9.16. The highest BCUT2D eigenvalue weighted by atomic mass is 16.6. The Morgan fingerprint density at radius 3 is 2.40 bits per heavy atom. The predicted octanol–water partition coefficient (Wildman–Crippen LogP) is 3.69. The largest absolute Gasteiger partial charge is 0.467 e. The number of likely N-dealkylation sites (tertiary alicyclic amines) is 1. The number of methoxy groups -OCH3 is 1. The Bertz CT molecular complexity index is 939. The Morgan fingerprint density at radius 2 is 1.80 bits per heavy atom. The van der Waals surface area contributed by atoms with Crippen LogP contribution in [0.15, 0.2) is 42.1 Å². The normalized spacial score (nSPS) is 18.0. The lowest BCUT2D eigenvalue weighted by Gasteiger charge is -2.34. The quantitative estimate of drug-likeness (QED) is 0.333. The van der Waals surface area contributed by atoms with Gasteiger partial charge in [0.1, 0.15) is 23.4 Å². The zero-order valence-corrected chi connectivity index (χ0v) is 20.9. The van der Waals surface area contributed by atoms with Gasteiger partial charge in [0.2, 0.25) is 0 Å². The summed E-state index contributed by atoms with van der Waals surface area (Å²) in [4.78, 5) is 52.0. The van der Waals surface area contributed by atoms with Gasteiger partial charge in [-0.05, 0) is 46.1 Å². The van der Waals surface area contributed by atoms with Gasteiger partial charge in [0.15, 0.2) is 0 Å². The van der Waals surface area contributed by atoms with E-state index in [1.165, 1.54) is 18.1 Å². The molecular formula is C25H34N2O8. The Labute approximate surface area is 205 Å². The highest BCUT2D eigenvalue weighted by molar-refractivity contribution is 5.93. The molecule has 1 N–H and O–H groups in total. The fraction of sp³-hybridized carbons (Fsp3) is 0.520. The van der Waals surface area contributed by atoms with Gasteiger partial charge in [0.05, 0.1) is 13.7 Å². The molecule has 1 aliphatic rings. The van der Waals surface area contributed by atoms with Crippen molar-refractivity contribution >= 4 is 24.1 Å². The SMILES string of the molecule is CCOC(=O)/C(=C/CC1(C(=O)OC)CCCN1C(=O)OCc1ccccc1)NC(=O)OC(C)(C)C. The molecule has 192 valence electrons. The van der Waals surface area contributed by atoms with Gasteiger partial charge in [-0.1, -0.05) is 36.4 Å². The minimum atomic E-state index is -1.41. The first-order chi connectivity index (χ1) is 16.5. The number of ether oxygens (including phenoxy) is 4. The molecule has 35 heavy (non-hydrogen) atoms. The van der Waals surface area contributed by atoms with E-state index in [4.69, 9.17) is 18.9 Å². The van der Waals surface area contributed by atoms with Crippen molar-refractivity contribution in [3.8, 4) is 0 Å². The van der Waals surface area contributed by atoms with Crippen molar-refractivity contribution in [1.82, 2.24) is 10.2 Å². The monoisotopic (exact) mass is 490 g/mol. The fourth-order valence-electron chi connectivity index (χ4n) is 3.72. The second kappa shape index (κ2) is 12.2. The summed E-state index contributed by atoms with van der Waals surface area (Å²) in [5, 5.41) is 2.39. The maximum atomic E-state index is 13.0. The van der Waals surface area contributed by atoms with Crippen LogP contribution in [0.25, 0.3) is 0 Å². The van der Waals surface area contributed by atoms with Crippen LogP contribution in [0.2, 0.25) is 0 Å². The van der Waals surface area contributed by atoms with E-state index in [9.17, 15) is 19.2 Å². The average Bonchev–Trinajstić information content (AvgIpc) is 3.24. The molecule has 1 aromatic carbocycles. The lowest BCUT2D eigenvalue weighted by atomic mass is 9.91. The van der Waals surface area contributed by atoms with Gasteiger partial charge < -0.3 is 18.9 Å². The molecule has 1 aliphatic heterocycles. The molecule has 0 aliphatic carbocycles. The summed E-state index contributed by atoms with van der Waals surface area (Å²) < 4.78 is 20.7. The van der Waals surface area contributed by atoms with E-state index in [0.29, 0.717) is 12.8 Å². The van der Waals surface area contributed by atoms with E-state index in [1.54, 1.807) is 27.7 Å². The molecule has 2 rings (SSSR count). The number of hydrogen-bond acceptors (Lipinski definition) is 8. The summed E-state index contributed by atoms with van der Waals surface area (Å²) >= 11 is 0. The van der Waals surface area contributed by atoms with Crippen molar-refractivity contribution in [2.45, 2.75) is 64.7 Å². The number of hydrogen-bond donors (Lipinski definition) is 1. The number of carbonyl (C=O) groups is 4. The first kappa shape index (κ1) is 27.7. The maximum Gasteiger partial charge on any atom is 0.412 e. The van der Waals surface area contributed by atoms with Crippen LogP contribution in [0.4, 0.5) is 9.59 Å². The number of nitrogens with one attached hydrogen (secondary N) is 1. The molecule has 1 atom stereocenters. The summed E-state index contributed by atoms with van der Waals surface area (Å²) in [5.74, 6) is -1.45. The maximum absolute atomic E-state index is 13.0. The molecule has 0 bridgehead atoms. The second-order valence-electron chi connectivity index (χ2n) is 8.99. The number of amides is 2. The van der Waals surface area contributed by atoms with E-state index in [1.807, 2.05) is 30.3 Å². The van der Waals surface area contributed by atoms with Crippen molar-refractivity contribution in [3.63, 3.8) is 0 Å². The summed E-state index contributed by atoms with van der Waals surface area (Å²) in [6.45, 7) is 7.06. The van der Waals surface area contributed by atoms with Crippen LogP contribution < -0.4 is 5.32 Å². The van der Waals surface area contributed by atoms with Crippen molar-refractivity contribution in [2.24, 2.45) is 0 Å². The van der Waals surface area contributed by atoms with Crippen molar-refractivity contribution in [2.75, 3.05) is 20.3 Å². The number of alkyl carbamates (subject to hydrolysis) is 1. The summed E-state index contributed by atoms with van der Waals surface area (Å²) in [5.41, 5.74) is -1.60. The van der Waals surface area contributed by atoms with E-state index in [2.05, 4.69) is 5.32 Å². The van der Waals surface area contributed by atoms with Crippen LogP contribution >= 0.6 is 0 Å². The van der Waals surface area contributed by atoms with Gasteiger partial charge in [-0.2, -0.15) is 0 Å². The number of benzene rings is 1. The molecule has 1 unspecified atom stereocenters. The van der Waals surface area contributed by atoms with Crippen LogP contribution in [0, 0.1) is 0 Å². The Morgan fingerprint density at radius 1 is 1.11 bits per heavy atom. The number of rotatable bonds is 8. The van der Waals surface area contributed by atoms with Crippen LogP contribution in [-0.4, -0.2) is 60.4 Å². The highest BCUT2D eigenvalue weighted by Gasteiger charge is 2.51. The average molecular weight is 491 g/mol. The molecule has 1 heterocycles. The first-order valence-corrected chi connectivity index (χ1v) is 11.5. The third-order valence-electron chi connectivity index (χ3n) is 5.25. The number of carbonyl (C=O) groups excluding carboxylic acids is 4. The Hall–Kier alpha value is -3.56. The van der Waals surface area contributed by atoms with E-state index >= 15 is 0 Å². The third kappa shape index (κ3) is 7.73. The first-order valence-electron chi connectivity index (χ1n) is 11.5. The van der Waals surface area contributed by atoms with E-state index in [0.717, 1.165) is 5.56 Å². The Balaban J connectivity index is 2.27. The number of esters is 2. The van der Waals surface area contributed by atoms with Crippen molar-refractivity contribution in [1.29, 1.82) is 0 Å². The lowest BCUT2D eigenvalue weighted by molar-refractivity contribution is -0.152. The van der Waals surface area contributed by atoms with Gasteiger partial charge in [0, 0.05) is 13.0 Å².